The summed E-state index contributed by atoms with van der Waals surface area (Å²) in [7, 11) is 0. The van der Waals surface area contributed by atoms with Gasteiger partial charge >= 0.3 is 5.97 Å². The molecule has 0 aromatic carbocycles. The predicted molar refractivity (Wildman–Crippen MR) is 61.0 cm³/mol. The molecule has 4 heteroatoms. The molecule has 0 aliphatic heterocycles. The molecule has 0 atom stereocenters. The van der Waals surface area contributed by atoms with Crippen molar-refractivity contribution in [3.05, 3.63) is 23.8 Å². The monoisotopic (exact) mass is 226 g/mol. The molecule has 90 valence electrons. The van der Waals surface area contributed by atoms with E-state index < -0.39 is 5.97 Å². The van der Waals surface area contributed by atoms with Gasteiger partial charge in [-0.1, -0.05) is 25.2 Å². The zero-order valence-electron chi connectivity index (χ0n) is 9.52. The summed E-state index contributed by atoms with van der Waals surface area (Å²) in [6, 6.07) is 0. The van der Waals surface area contributed by atoms with Crippen LogP contribution in [-0.2, 0) is 14.3 Å². The summed E-state index contributed by atoms with van der Waals surface area (Å²) in [5.41, 5.74) is 0.403. The van der Waals surface area contributed by atoms with Gasteiger partial charge in [0.15, 0.2) is 0 Å². The lowest BCUT2D eigenvalue weighted by atomic mass is 10.2. The van der Waals surface area contributed by atoms with Crippen molar-refractivity contribution in [2.45, 2.75) is 32.6 Å². The molecule has 0 spiro atoms. The third-order valence-electron chi connectivity index (χ3n) is 2.04. The number of aliphatic carboxylic acids is 1. The molecule has 4 nitrogen and oxygen atoms in total. The average Bonchev–Trinajstić information content (AvgIpc) is 2.26. The third kappa shape index (κ3) is 7.79. The van der Waals surface area contributed by atoms with Gasteiger partial charge in [-0.3, -0.25) is 4.79 Å². The number of allylic oxidation sites excluding steroid dienone is 3. The second-order valence-electron chi connectivity index (χ2n) is 3.24. The van der Waals surface area contributed by atoms with Crippen molar-refractivity contribution in [2.24, 2.45) is 0 Å². The van der Waals surface area contributed by atoms with E-state index in [2.05, 4.69) is 4.74 Å². The molecule has 1 N–H and O–H groups in total. The number of hydrogen-bond acceptors (Lipinski definition) is 3. The number of rotatable bonds is 9. The zero-order valence-corrected chi connectivity index (χ0v) is 9.52. The van der Waals surface area contributed by atoms with Gasteiger partial charge in [-0.15, -0.1) is 0 Å². The number of carbonyl (C=O) groups is 2. The Labute approximate surface area is 95.6 Å². The zero-order chi connectivity index (χ0) is 12.2. The van der Waals surface area contributed by atoms with Crippen LogP contribution >= 0.6 is 0 Å². The number of carboxylic acid groups (broad SMARTS) is 1. The quantitative estimate of drug-likeness (QED) is 0.283. The molecule has 0 aromatic rings. The van der Waals surface area contributed by atoms with E-state index in [0.717, 1.165) is 19.3 Å². The van der Waals surface area contributed by atoms with E-state index in [1.165, 1.54) is 0 Å². The van der Waals surface area contributed by atoms with E-state index in [-0.39, 0.29) is 0 Å². The lowest BCUT2D eigenvalue weighted by molar-refractivity contribution is -0.132. The predicted octanol–water partition coefficient (Wildman–Crippen LogP) is 2.31. The molecule has 0 unspecified atom stereocenters. The van der Waals surface area contributed by atoms with Crippen molar-refractivity contribution in [2.75, 3.05) is 6.61 Å². The highest BCUT2D eigenvalue weighted by Gasteiger charge is 2.00. The summed E-state index contributed by atoms with van der Waals surface area (Å²) in [4.78, 5) is 20.4. The van der Waals surface area contributed by atoms with E-state index >= 15 is 0 Å². The van der Waals surface area contributed by atoms with Crippen LogP contribution in [0.15, 0.2) is 23.8 Å². The highest BCUT2D eigenvalue weighted by Crippen LogP contribution is 2.02. The van der Waals surface area contributed by atoms with Crippen LogP contribution in [0.5, 0.6) is 0 Å². The van der Waals surface area contributed by atoms with Crippen LogP contribution in [-0.4, -0.2) is 24.2 Å². The SMILES string of the molecule is CCC(=CC=CCCCCOC=O)C(=O)O. The van der Waals surface area contributed by atoms with Crippen LogP contribution in [0.25, 0.3) is 0 Å². The van der Waals surface area contributed by atoms with Crippen molar-refractivity contribution in [1.82, 2.24) is 0 Å². The van der Waals surface area contributed by atoms with Crippen LogP contribution in [0, 0.1) is 0 Å². The van der Waals surface area contributed by atoms with Crippen LogP contribution in [0.2, 0.25) is 0 Å². The first-order valence-corrected chi connectivity index (χ1v) is 5.36. The Morgan fingerprint density at radius 3 is 2.69 bits per heavy atom. The minimum atomic E-state index is -0.869. The molecule has 0 saturated carbocycles. The first-order valence-electron chi connectivity index (χ1n) is 5.36. The van der Waals surface area contributed by atoms with Crippen LogP contribution in [0.1, 0.15) is 32.6 Å². The fourth-order valence-corrected chi connectivity index (χ4v) is 1.12. The molecule has 0 saturated heterocycles. The first kappa shape index (κ1) is 14.4. The normalized spacial score (nSPS) is 11.7. The summed E-state index contributed by atoms with van der Waals surface area (Å²) in [6.45, 7) is 2.70. The molecular weight excluding hydrogens is 208 g/mol. The number of hydrogen-bond donors (Lipinski definition) is 1. The molecule has 0 radical (unpaired) electrons. The van der Waals surface area contributed by atoms with Crippen LogP contribution in [0.4, 0.5) is 0 Å². The largest absolute Gasteiger partial charge is 0.478 e. The summed E-state index contributed by atoms with van der Waals surface area (Å²) < 4.78 is 4.53. The maximum Gasteiger partial charge on any atom is 0.331 e. The van der Waals surface area contributed by atoms with Crippen LogP contribution in [0.3, 0.4) is 0 Å². The maximum atomic E-state index is 10.6. The van der Waals surface area contributed by atoms with Gasteiger partial charge in [0.05, 0.1) is 6.61 Å². The number of unbranched alkanes of at least 4 members (excludes halogenated alkanes) is 2. The highest BCUT2D eigenvalue weighted by atomic mass is 16.5. The Kier molecular flexibility index (Phi) is 8.97. The smallest absolute Gasteiger partial charge is 0.331 e. The number of carboxylic acids is 1. The molecule has 0 amide bonds. The van der Waals surface area contributed by atoms with Crippen molar-refractivity contribution in [3.63, 3.8) is 0 Å². The minimum absolute atomic E-state index is 0.403. The molecular formula is C12H18O4. The number of carbonyl (C=O) groups excluding carboxylic acids is 1. The number of ether oxygens (including phenoxy) is 1. The topological polar surface area (TPSA) is 63.6 Å². The second-order valence-corrected chi connectivity index (χ2v) is 3.24. The van der Waals surface area contributed by atoms with Gasteiger partial charge in [-0.25, -0.2) is 4.79 Å². The maximum absolute atomic E-state index is 10.6. The highest BCUT2D eigenvalue weighted by molar-refractivity contribution is 5.86. The lowest BCUT2D eigenvalue weighted by Gasteiger charge is -1.96. The van der Waals surface area contributed by atoms with Gasteiger partial charge < -0.3 is 9.84 Å². The van der Waals surface area contributed by atoms with Crippen molar-refractivity contribution in [3.8, 4) is 0 Å². The van der Waals surface area contributed by atoms with E-state index in [0.29, 0.717) is 25.1 Å². The first-order chi connectivity index (χ1) is 7.72. The Hall–Kier alpha value is -1.58. The van der Waals surface area contributed by atoms with E-state index in [1.807, 2.05) is 13.0 Å². The molecule has 0 bridgehead atoms. The van der Waals surface area contributed by atoms with E-state index in [1.54, 1.807) is 12.2 Å². The van der Waals surface area contributed by atoms with Crippen molar-refractivity contribution < 1.29 is 19.4 Å². The van der Waals surface area contributed by atoms with Gasteiger partial charge in [0, 0.05) is 5.57 Å². The Bertz CT molecular complexity index is 266. The Balaban J connectivity index is 3.67. The molecule has 0 aliphatic rings. The Morgan fingerprint density at radius 2 is 2.12 bits per heavy atom. The molecule has 0 fully saturated rings. The van der Waals surface area contributed by atoms with Gasteiger partial charge in [0.2, 0.25) is 0 Å². The van der Waals surface area contributed by atoms with Gasteiger partial charge in [-0.2, -0.15) is 0 Å². The summed E-state index contributed by atoms with van der Waals surface area (Å²) in [5.74, 6) is -0.869. The fourth-order valence-electron chi connectivity index (χ4n) is 1.12. The van der Waals surface area contributed by atoms with Gasteiger partial charge in [-0.05, 0) is 25.7 Å². The molecule has 0 rings (SSSR count). The summed E-state index contributed by atoms with van der Waals surface area (Å²) >= 11 is 0. The van der Waals surface area contributed by atoms with Gasteiger partial charge in [0.1, 0.15) is 0 Å². The molecule has 0 heterocycles. The van der Waals surface area contributed by atoms with Crippen LogP contribution < -0.4 is 0 Å². The second kappa shape index (κ2) is 9.96. The van der Waals surface area contributed by atoms with Gasteiger partial charge in [0.25, 0.3) is 6.47 Å². The minimum Gasteiger partial charge on any atom is -0.478 e. The Morgan fingerprint density at radius 1 is 1.38 bits per heavy atom. The summed E-state index contributed by atoms with van der Waals surface area (Å²) in [6.07, 6.45) is 8.42. The van der Waals surface area contributed by atoms with Crippen molar-refractivity contribution in [1.29, 1.82) is 0 Å². The summed E-state index contributed by atoms with van der Waals surface area (Å²) in [5, 5.41) is 8.72. The molecule has 16 heavy (non-hydrogen) atoms. The molecule has 0 aromatic heterocycles. The van der Waals surface area contributed by atoms with E-state index in [9.17, 15) is 9.59 Å². The average molecular weight is 226 g/mol. The fraction of sp³-hybridized carbons (Fsp3) is 0.500. The lowest BCUT2D eigenvalue weighted by Crippen LogP contribution is -1.97. The molecule has 0 aliphatic carbocycles. The van der Waals surface area contributed by atoms with E-state index in [4.69, 9.17) is 5.11 Å². The third-order valence-corrected chi connectivity index (χ3v) is 2.04. The van der Waals surface area contributed by atoms with Crippen molar-refractivity contribution >= 4 is 12.4 Å². The standard InChI is InChI=1S/C12H18O4/c1-2-11(12(14)15)8-6-4-3-5-7-9-16-10-13/h4,6,8,10H,2-3,5,7,9H2,1H3,(H,14,15).